The highest BCUT2D eigenvalue weighted by Crippen LogP contribution is 2.45. The van der Waals surface area contributed by atoms with Crippen LogP contribution in [0.5, 0.6) is 0 Å². The molecule has 3 fully saturated rings. The van der Waals surface area contributed by atoms with Crippen LogP contribution in [0, 0.1) is 11.3 Å². The molecule has 2 aliphatic heterocycles. The van der Waals surface area contributed by atoms with Gasteiger partial charge in [-0.3, -0.25) is 4.79 Å². The standard InChI is InChI=1S/C13H22N2O3S.ClH/c16-12(15-5-7-19(17,18)8-6-15)13-4-2-1-3-11(13)9-14-10-13;/h11,14H,1-10H2;1H/t11-,13+;/m0./s1. The number of sulfone groups is 1. The lowest BCUT2D eigenvalue weighted by atomic mass is 9.67. The van der Waals surface area contributed by atoms with Gasteiger partial charge >= 0.3 is 0 Å². The summed E-state index contributed by atoms with van der Waals surface area (Å²) in [5, 5.41) is 3.38. The molecule has 2 heterocycles. The average Bonchev–Trinajstić information content (AvgIpc) is 2.83. The molecule has 5 nitrogen and oxygen atoms in total. The van der Waals surface area contributed by atoms with E-state index in [4.69, 9.17) is 0 Å². The van der Waals surface area contributed by atoms with Crippen molar-refractivity contribution >= 4 is 28.2 Å². The van der Waals surface area contributed by atoms with E-state index in [-0.39, 0.29) is 35.2 Å². The molecule has 0 radical (unpaired) electrons. The fourth-order valence-electron chi connectivity index (χ4n) is 3.90. The van der Waals surface area contributed by atoms with Crippen LogP contribution in [-0.2, 0) is 14.6 Å². The van der Waals surface area contributed by atoms with Gasteiger partial charge in [-0.15, -0.1) is 12.4 Å². The van der Waals surface area contributed by atoms with Crippen LogP contribution in [0.15, 0.2) is 0 Å². The Morgan fingerprint density at radius 2 is 1.90 bits per heavy atom. The number of hydrogen-bond donors (Lipinski definition) is 1. The lowest BCUT2D eigenvalue weighted by molar-refractivity contribution is -0.145. The van der Waals surface area contributed by atoms with Crippen LogP contribution in [0.4, 0.5) is 0 Å². The summed E-state index contributed by atoms with van der Waals surface area (Å²) in [7, 11) is -2.91. The molecule has 0 aromatic heterocycles. The van der Waals surface area contributed by atoms with Crippen molar-refractivity contribution in [3.05, 3.63) is 0 Å². The highest BCUT2D eigenvalue weighted by molar-refractivity contribution is 7.91. The van der Waals surface area contributed by atoms with Gasteiger partial charge in [-0.25, -0.2) is 8.42 Å². The van der Waals surface area contributed by atoms with Gasteiger partial charge in [-0.05, 0) is 25.3 Å². The Kier molecular flexibility index (Phi) is 4.66. The molecule has 2 atom stereocenters. The van der Waals surface area contributed by atoms with E-state index in [1.54, 1.807) is 4.90 Å². The molecule has 7 heteroatoms. The summed E-state index contributed by atoms with van der Waals surface area (Å²) >= 11 is 0. The molecular formula is C13H23ClN2O3S. The van der Waals surface area contributed by atoms with Crippen molar-refractivity contribution in [1.29, 1.82) is 0 Å². The van der Waals surface area contributed by atoms with Gasteiger partial charge in [-0.2, -0.15) is 0 Å². The zero-order valence-electron chi connectivity index (χ0n) is 11.6. The lowest BCUT2D eigenvalue weighted by Crippen LogP contribution is -2.53. The summed E-state index contributed by atoms with van der Waals surface area (Å²) in [5.41, 5.74) is -0.237. The summed E-state index contributed by atoms with van der Waals surface area (Å²) in [6.45, 7) is 2.49. The first-order valence-electron chi connectivity index (χ1n) is 7.24. The lowest BCUT2D eigenvalue weighted by Gasteiger charge is -2.41. The maximum absolute atomic E-state index is 12.9. The number of nitrogens with zero attached hydrogens (tertiary/aromatic N) is 1. The van der Waals surface area contributed by atoms with Crippen molar-refractivity contribution in [2.24, 2.45) is 11.3 Å². The van der Waals surface area contributed by atoms with Gasteiger partial charge in [0.2, 0.25) is 5.91 Å². The van der Waals surface area contributed by atoms with Crippen molar-refractivity contribution in [2.75, 3.05) is 37.7 Å². The van der Waals surface area contributed by atoms with E-state index in [1.807, 2.05) is 0 Å². The second kappa shape index (κ2) is 5.81. The minimum atomic E-state index is -2.91. The topological polar surface area (TPSA) is 66.5 Å². The number of carbonyl (C=O) groups is 1. The zero-order valence-corrected chi connectivity index (χ0v) is 13.3. The van der Waals surface area contributed by atoms with Crippen LogP contribution in [-0.4, -0.2) is 56.9 Å². The Bertz CT molecular complexity index is 468. The molecule has 1 amide bonds. The van der Waals surface area contributed by atoms with E-state index in [0.717, 1.165) is 32.4 Å². The zero-order chi connectivity index (χ0) is 13.5. The summed E-state index contributed by atoms with van der Waals surface area (Å²) in [5.74, 6) is 0.921. The van der Waals surface area contributed by atoms with E-state index in [1.165, 1.54) is 6.42 Å². The molecule has 0 aromatic carbocycles. The van der Waals surface area contributed by atoms with Gasteiger partial charge in [0, 0.05) is 19.6 Å². The van der Waals surface area contributed by atoms with Crippen molar-refractivity contribution in [1.82, 2.24) is 10.2 Å². The maximum Gasteiger partial charge on any atom is 0.230 e. The molecule has 1 saturated carbocycles. The first-order chi connectivity index (χ1) is 9.04. The highest BCUT2D eigenvalue weighted by Gasteiger charge is 2.51. The van der Waals surface area contributed by atoms with E-state index in [0.29, 0.717) is 19.0 Å². The van der Waals surface area contributed by atoms with Crippen LogP contribution in [0.25, 0.3) is 0 Å². The summed E-state index contributed by atoms with van der Waals surface area (Å²) in [6.07, 6.45) is 4.43. The molecule has 0 spiro atoms. The number of hydrogen-bond acceptors (Lipinski definition) is 4. The van der Waals surface area contributed by atoms with E-state index < -0.39 is 9.84 Å². The summed E-state index contributed by atoms with van der Waals surface area (Å²) < 4.78 is 22.9. The number of fused-ring (bicyclic) bond motifs is 1. The number of halogens is 1. The Morgan fingerprint density at radius 3 is 2.60 bits per heavy atom. The number of rotatable bonds is 1. The molecule has 0 aromatic rings. The Labute approximate surface area is 126 Å². The first kappa shape index (κ1) is 16.0. The molecular weight excluding hydrogens is 300 g/mol. The van der Waals surface area contributed by atoms with Crippen molar-refractivity contribution in [3.63, 3.8) is 0 Å². The third-order valence-corrected chi connectivity index (χ3v) is 6.70. The first-order valence-corrected chi connectivity index (χ1v) is 9.06. The Hall–Kier alpha value is -0.330. The normalized spacial score (nSPS) is 36.0. The fourth-order valence-corrected chi connectivity index (χ4v) is 5.10. The number of amides is 1. The number of carbonyl (C=O) groups excluding carboxylic acids is 1. The third kappa shape index (κ3) is 2.70. The van der Waals surface area contributed by atoms with Crippen LogP contribution in [0.2, 0.25) is 0 Å². The van der Waals surface area contributed by atoms with Crippen molar-refractivity contribution in [3.8, 4) is 0 Å². The SMILES string of the molecule is Cl.O=C(N1CCS(=O)(=O)CC1)[C@@]12CCCC[C@H]1CNC2. The molecule has 3 rings (SSSR count). The van der Waals surface area contributed by atoms with Crippen molar-refractivity contribution in [2.45, 2.75) is 25.7 Å². The van der Waals surface area contributed by atoms with Gasteiger partial charge in [0.05, 0.1) is 16.9 Å². The van der Waals surface area contributed by atoms with Gasteiger partial charge < -0.3 is 10.2 Å². The quantitative estimate of drug-likeness (QED) is 0.761. The van der Waals surface area contributed by atoms with Crippen LogP contribution >= 0.6 is 12.4 Å². The van der Waals surface area contributed by atoms with Crippen LogP contribution in [0.3, 0.4) is 0 Å². The Balaban J connectivity index is 0.00000147. The monoisotopic (exact) mass is 322 g/mol. The minimum Gasteiger partial charge on any atom is -0.340 e. The molecule has 2 saturated heterocycles. The van der Waals surface area contributed by atoms with Gasteiger partial charge in [0.15, 0.2) is 9.84 Å². The molecule has 20 heavy (non-hydrogen) atoms. The molecule has 0 bridgehead atoms. The van der Waals surface area contributed by atoms with Crippen LogP contribution in [0.1, 0.15) is 25.7 Å². The third-order valence-electron chi connectivity index (χ3n) is 5.10. The molecule has 116 valence electrons. The minimum absolute atomic E-state index is 0. The summed E-state index contributed by atoms with van der Waals surface area (Å²) in [6, 6.07) is 0. The van der Waals surface area contributed by atoms with Gasteiger partial charge in [-0.1, -0.05) is 12.8 Å². The second-order valence-corrected chi connectivity index (χ2v) is 8.48. The highest BCUT2D eigenvalue weighted by atomic mass is 35.5. The predicted molar refractivity (Wildman–Crippen MR) is 79.7 cm³/mol. The largest absolute Gasteiger partial charge is 0.340 e. The van der Waals surface area contributed by atoms with E-state index >= 15 is 0 Å². The van der Waals surface area contributed by atoms with Gasteiger partial charge in [0.25, 0.3) is 0 Å². The van der Waals surface area contributed by atoms with Gasteiger partial charge in [0.1, 0.15) is 0 Å². The van der Waals surface area contributed by atoms with Crippen molar-refractivity contribution < 1.29 is 13.2 Å². The molecule has 1 N–H and O–H groups in total. The van der Waals surface area contributed by atoms with E-state index in [2.05, 4.69) is 5.32 Å². The average molecular weight is 323 g/mol. The summed E-state index contributed by atoms with van der Waals surface area (Å²) in [4.78, 5) is 14.7. The smallest absolute Gasteiger partial charge is 0.230 e. The maximum atomic E-state index is 12.9. The second-order valence-electron chi connectivity index (χ2n) is 6.17. The van der Waals surface area contributed by atoms with E-state index in [9.17, 15) is 13.2 Å². The fraction of sp³-hybridized carbons (Fsp3) is 0.923. The predicted octanol–water partition coefficient (Wildman–Crippen LogP) is 0.445. The molecule has 3 aliphatic rings. The molecule has 0 unspecified atom stereocenters. The van der Waals surface area contributed by atoms with Crippen LogP contribution < -0.4 is 5.32 Å². The molecule has 1 aliphatic carbocycles. The Morgan fingerprint density at radius 1 is 1.20 bits per heavy atom. The number of nitrogens with one attached hydrogen (secondary N) is 1.